The molecule has 14 heavy (non-hydrogen) atoms. The number of aromatic nitrogens is 3. The van der Waals surface area contributed by atoms with Crippen molar-refractivity contribution in [2.45, 2.75) is 20.0 Å². The molecule has 0 spiro atoms. The maximum Gasteiger partial charge on any atom is 0.192 e. The van der Waals surface area contributed by atoms with Crippen LogP contribution in [0.3, 0.4) is 0 Å². The number of fused-ring (bicyclic) bond motifs is 1. The summed E-state index contributed by atoms with van der Waals surface area (Å²) >= 11 is 0. The van der Waals surface area contributed by atoms with Crippen LogP contribution in [0.4, 0.5) is 4.39 Å². The highest BCUT2D eigenvalue weighted by Crippen LogP contribution is 2.14. The molecule has 1 atom stereocenters. The first kappa shape index (κ1) is 9.08. The highest BCUT2D eigenvalue weighted by molar-refractivity contribution is 5.41. The second kappa shape index (κ2) is 3.02. The van der Waals surface area contributed by atoms with Gasteiger partial charge in [-0.15, -0.1) is 0 Å². The molecule has 5 heteroatoms. The third-order valence-electron chi connectivity index (χ3n) is 2.04. The smallest absolute Gasteiger partial charge is 0.192 e. The van der Waals surface area contributed by atoms with Crippen LogP contribution < -0.4 is 0 Å². The third-order valence-corrected chi connectivity index (χ3v) is 2.04. The van der Waals surface area contributed by atoms with E-state index in [1.54, 1.807) is 26.1 Å². The molecule has 1 unspecified atom stereocenters. The van der Waals surface area contributed by atoms with Crippen molar-refractivity contribution in [3.8, 4) is 0 Å². The number of nitrogens with zero attached hydrogens (tertiary/aromatic N) is 3. The zero-order valence-corrected chi connectivity index (χ0v) is 7.90. The first-order valence-corrected chi connectivity index (χ1v) is 4.29. The van der Waals surface area contributed by atoms with E-state index < -0.39 is 11.9 Å². The lowest BCUT2D eigenvalue weighted by Crippen LogP contribution is -1.99. The Labute approximate surface area is 80.0 Å². The topological polar surface area (TPSA) is 50.4 Å². The maximum atomic E-state index is 13.4. The summed E-state index contributed by atoms with van der Waals surface area (Å²) in [5.74, 6) is -0.437. The molecule has 0 saturated heterocycles. The number of hydrogen-bond acceptors (Lipinski definition) is 3. The van der Waals surface area contributed by atoms with Gasteiger partial charge < -0.3 is 5.11 Å². The number of aryl methyl sites for hydroxylation is 1. The van der Waals surface area contributed by atoms with Crippen LogP contribution in [0.5, 0.6) is 0 Å². The summed E-state index contributed by atoms with van der Waals surface area (Å²) in [6.07, 6.45) is 0.884. The largest absolute Gasteiger partial charge is 0.387 e. The van der Waals surface area contributed by atoms with Crippen molar-refractivity contribution >= 4 is 5.65 Å². The van der Waals surface area contributed by atoms with E-state index in [-0.39, 0.29) is 5.65 Å². The Morgan fingerprint density at radius 3 is 2.93 bits per heavy atom. The summed E-state index contributed by atoms with van der Waals surface area (Å²) < 4.78 is 14.7. The minimum absolute atomic E-state index is 0.154. The summed E-state index contributed by atoms with van der Waals surface area (Å²) in [6, 6.07) is 1.61. The molecule has 0 aliphatic heterocycles. The van der Waals surface area contributed by atoms with Gasteiger partial charge in [0.15, 0.2) is 11.5 Å². The van der Waals surface area contributed by atoms with Crippen LogP contribution in [0.25, 0.3) is 5.65 Å². The number of aliphatic hydroxyl groups excluding tert-OH is 1. The highest BCUT2D eigenvalue weighted by Gasteiger charge is 2.11. The summed E-state index contributed by atoms with van der Waals surface area (Å²) in [4.78, 5) is 3.97. The Morgan fingerprint density at radius 1 is 1.57 bits per heavy atom. The van der Waals surface area contributed by atoms with Crippen molar-refractivity contribution in [2.24, 2.45) is 0 Å². The predicted molar refractivity (Wildman–Crippen MR) is 48.3 cm³/mol. The van der Waals surface area contributed by atoms with Gasteiger partial charge in [-0.25, -0.2) is 13.9 Å². The fraction of sp³-hybridized carbons (Fsp3) is 0.333. The van der Waals surface area contributed by atoms with Gasteiger partial charge in [-0.05, 0) is 19.9 Å². The Balaban J connectivity index is 2.69. The van der Waals surface area contributed by atoms with Crippen molar-refractivity contribution in [1.29, 1.82) is 0 Å². The van der Waals surface area contributed by atoms with E-state index >= 15 is 0 Å². The van der Waals surface area contributed by atoms with E-state index in [1.807, 2.05) is 0 Å². The molecule has 0 radical (unpaired) electrons. The lowest BCUT2D eigenvalue weighted by Gasteiger charge is -2.02. The van der Waals surface area contributed by atoms with Gasteiger partial charge >= 0.3 is 0 Å². The molecule has 0 aliphatic carbocycles. The standard InChI is InChI=1S/C9H10FN3O/c1-5-8(10)9-11-7(6(2)14)3-4-13(9)12-5/h3-4,6,14H,1-2H3. The first-order chi connectivity index (χ1) is 6.59. The molecule has 1 N–H and O–H groups in total. The van der Waals surface area contributed by atoms with Gasteiger partial charge in [0.2, 0.25) is 0 Å². The molecule has 0 saturated carbocycles. The SMILES string of the molecule is Cc1nn2ccc(C(C)O)nc2c1F. The minimum Gasteiger partial charge on any atom is -0.387 e. The molecule has 2 heterocycles. The van der Waals surface area contributed by atoms with Gasteiger partial charge in [0.05, 0.1) is 17.5 Å². The van der Waals surface area contributed by atoms with Gasteiger partial charge in [-0.3, -0.25) is 0 Å². The lowest BCUT2D eigenvalue weighted by molar-refractivity contribution is 0.194. The molecule has 4 nitrogen and oxygen atoms in total. The quantitative estimate of drug-likeness (QED) is 0.744. The van der Waals surface area contributed by atoms with E-state index in [4.69, 9.17) is 0 Å². The number of aliphatic hydroxyl groups is 1. The van der Waals surface area contributed by atoms with E-state index in [1.165, 1.54) is 4.52 Å². The normalized spacial score (nSPS) is 13.4. The molecule has 0 aliphatic rings. The van der Waals surface area contributed by atoms with Gasteiger partial charge in [0.25, 0.3) is 0 Å². The van der Waals surface area contributed by atoms with Crippen LogP contribution in [0, 0.1) is 12.7 Å². The summed E-state index contributed by atoms with van der Waals surface area (Å²) in [5, 5.41) is 13.2. The fourth-order valence-corrected chi connectivity index (χ4v) is 1.26. The zero-order valence-electron chi connectivity index (χ0n) is 7.90. The second-order valence-corrected chi connectivity index (χ2v) is 3.20. The Kier molecular flexibility index (Phi) is 1.96. The minimum atomic E-state index is -0.699. The first-order valence-electron chi connectivity index (χ1n) is 4.29. The number of hydrogen-bond donors (Lipinski definition) is 1. The Morgan fingerprint density at radius 2 is 2.29 bits per heavy atom. The molecule has 2 aromatic rings. The van der Waals surface area contributed by atoms with Gasteiger partial charge in [-0.2, -0.15) is 5.10 Å². The van der Waals surface area contributed by atoms with Gasteiger partial charge in [0.1, 0.15) is 0 Å². The highest BCUT2D eigenvalue weighted by atomic mass is 19.1. The predicted octanol–water partition coefficient (Wildman–Crippen LogP) is 1.23. The van der Waals surface area contributed by atoms with Crippen molar-refractivity contribution in [3.05, 3.63) is 29.5 Å². The van der Waals surface area contributed by atoms with Gasteiger partial charge in [0, 0.05) is 6.20 Å². The van der Waals surface area contributed by atoms with E-state index in [0.717, 1.165) is 0 Å². The van der Waals surface area contributed by atoms with Crippen molar-refractivity contribution in [2.75, 3.05) is 0 Å². The number of halogens is 1. The molecular formula is C9H10FN3O. The monoisotopic (exact) mass is 195 g/mol. The Bertz CT molecular complexity index is 478. The second-order valence-electron chi connectivity index (χ2n) is 3.20. The van der Waals surface area contributed by atoms with E-state index in [0.29, 0.717) is 11.4 Å². The molecule has 0 aromatic carbocycles. The lowest BCUT2D eigenvalue weighted by atomic mass is 10.3. The fourth-order valence-electron chi connectivity index (χ4n) is 1.26. The van der Waals surface area contributed by atoms with Crippen molar-refractivity contribution < 1.29 is 9.50 Å². The van der Waals surface area contributed by atoms with E-state index in [2.05, 4.69) is 10.1 Å². The molecule has 0 amide bonds. The Hall–Kier alpha value is -1.49. The molecule has 0 bridgehead atoms. The van der Waals surface area contributed by atoms with Gasteiger partial charge in [-0.1, -0.05) is 0 Å². The third kappa shape index (κ3) is 1.26. The van der Waals surface area contributed by atoms with E-state index in [9.17, 15) is 9.50 Å². The molecule has 2 aromatic heterocycles. The molecule has 74 valence electrons. The average molecular weight is 195 g/mol. The van der Waals surface area contributed by atoms with Crippen molar-refractivity contribution in [3.63, 3.8) is 0 Å². The average Bonchev–Trinajstić information content (AvgIpc) is 2.43. The summed E-state index contributed by atoms with van der Waals surface area (Å²) in [7, 11) is 0. The van der Waals surface area contributed by atoms with Crippen molar-refractivity contribution in [1.82, 2.24) is 14.6 Å². The summed E-state index contributed by atoms with van der Waals surface area (Å²) in [5.41, 5.74) is 0.900. The van der Waals surface area contributed by atoms with Crippen LogP contribution in [0.2, 0.25) is 0 Å². The van der Waals surface area contributed by atoms with Crippen LogP contribution >= 0.6 is 0 Å². The zero-order chi connectivity index (χ0) is 10.3. The van der Waals surface area contributed by atoms with Crippen LogP contribution in [-0.2, 0) is 0 Å². The number of rotatable bonds is 1. The van der Waals surface area contributed by atoms with Crippen LogP contribution in [0.1, 0.15) is 24.4 Å². The molecule has 2 rings (SSSR count). The van der Waals surface area contributed by atoms with Crippen LogP contribution in [-0.4, -0.2) is 19.7 Å². The van der Waals surface area contributed by atoms with Crippen LogP contribution in [0.15, 0.2) is 12.3 Å². The molecule has 0 fully saturated rings. The maximum absolute atomic E-state index is 13.4. The molecular weight excluding hydrogens is 185 g/mol. The summed E-state index contributed by atoms with van der Waals surface area (Å²) in [6.45, 7) is 3.16.